The summed E-state index contributed by atoms with van der Waals surface area (Å²) in [6, 6.07) is 6.60. The van der Waals surface area contributed by atoms with Crippen LogP contribution in [0.2, 0.25) is 0 Å². The van der Waals surface area contributed by atoms with Crippen LogP contribution in [0.15, 0.2) is 18.2 Å². The summed E-state index contributed by atoms with van der Waals surface area (Å²) in [5, 5.41) is 0. The van der Waals surface area contributed by atoms with Crippen molar-refractivity contribution in [1.29, 1.82) is 0 Å². The van der Waals surface area contributed by atoms with E-state index >= 15 is 0 Å². The number of nitrogen functional groups attached to an aromatic ring is 1. The second kappa shape index (κ2) is 4.26. The maximum absolute atomic E-state index is 5.97. The fourth-order valence-electron chi connectivity index (χ4n) is 2.70. The lowest BCUT2D eigenvalue weighted by molar-refractivity contribution is 0.330. The van der Waals surface area contributed by atoms with Crippen molar-refractivity contribution >= 4 is 5.69 Å². The highest BCUT2D eigenvalue weighted by molar-refractivity contribution is 5.49. The van der Waals surface area contributed by atoms with E-state index in [1.165, 1.54) is 36.8 Å². The molecule has 2 N–H and O–H groups in total. The lowest BCUT2D eigenvalue weighted by Gasteiger charge is -2.29. The summed E-state index contributed by atoms with van der Waals surface area (Å²) in [5.74, 6) is 1.56. The fourth-order valence-corrected chi connectivity index (χ4v) is 2.70. The Balaban J connectivity index is 2.24. The molecule has 0 radical (unpaired) electrons. The third kappa shape index (κ3) is 2.17. The molecule has 1 nitrogen and oxygen atoms in total. The van der Waals surface area contributed by atoms with Crippen molar-refractivity contribution in [1.82, 2.24) is 0 Å². The molecule has 2 unspecified atom stereocenters. The van der Waals surface area contributed by atoms with Gasteiger partial charge in [0.05, 0.1) is 0 Å². The van der Waals surface area contributed by atoms with E-state index in [1.807, 2.05) is 0 Å². The van der Waals surface area contributed by atoms with E-state index in [2.05, 4.69) is 32.0 Å². The molecule has 1 aromatic rings. The molecule has 0 aromatic heterocycles. The Morgan fingerprint density at radius 1 is 1.20 bits per heavy atom. The zero-order valence-corrected chi connectivity index (χ0v) is 9.79. The van der Waals surface area contributed by atoms with Crippen LogP contribution in [0, 0.1) is 12.8 Å². The number of rotatable bonds is 1. The van der Waals surface area contributed by atoms with Gasteiger partial charge in [0.2, 0.25) is 0 Å². The van der Waals surface area contributed by atoms with E-state index in [0.717, 1.165) is 17.5 Å². The molecular formula is C14H21N. The summed E-state index contributed by atoms with van der Waals surface area (Å²) >= 11 is 0. The normalized spacial score (nSPS) is 26.5. The van der Waals surface area contributed by atoms with E-state index in [9.17, 15) is 0 Å². The van der Waals surface area contributed by atoms with E-state index < -0.39 is 0 Å². The fraction of sp³-hybridized carbons (Fsp3) is 0.571. The first-order valence-electron chi connectivity index (χ1n) is 6.04. The number of anilines is 1. The Kier molecular flexibility index (Phi) is 2.99. The van der Waals surface area contributed by atoms with Crippen LogP contribution in [0.5, 0.6) is 0 Å². The van der Waals surface area contributed by atoms with Crippen molar-refractivity contribution in [3.05, 3.63) is 29.3 Å². The Labute approximate surface area is 92.7 Å². The Morgan fingerprint density at radius 2 is 1.93 bits per heavy atom. The summed E-state index contributed by atoms with van der Waals surface area (Å²) in [4.78, 5) is 0. The van der Waals surface area contributed by atoms with Gasteiger partial charge in [0.25, 0.3) is 0 Å². The molecule has 0 spiro atoms. The van der Waals surface area contributed by atoms with Crippen LogP contribution in [0.1, 0.15) is 49.7 Å². The van der Waals surface area contributed by atoms with Crippen LogP contribution in [-0.2, 0) is 0 Å². The van der Waals surface area contributed by atoms with Gasteiger partial charge in [-0.2, -0.15) is 0 Å². The van der Waals surface area contributed by atoms with Gasteiger partial charge in [0, 0.05) is 5.69 Å². The van der Waals surface area contributed by atoms with Crippen LogP contribution >= 0.6 is 0 Å². The maximum Gasteiger partial charge on any atom is 0.0346 e. The van der Waals surface area contributed by atoms with E-state index in [1.54, 1.807) is 0 Å². The van der Waals surface area contributed by atoms with Crippen molar-refractivity contribution in [2.24, 2.45) is 5.92 Å². The highest BCUT2D eigenvalue weighted by Gasteiger charge is 2.22. The van der Waals surface area contributed by atoms with Gasteiger partial charge in [-0.05, 0) is 42.4 Å². The molecule has 82 valence electrons. The Morgan fingerprint density at radius 3 is 2.60 bits per heavy atom. The average molecular weight is 203 g/mol. The van der Waals surface area contributed by atoms with E-state index in [-0.39, 0.29) is 0 Å². The molecule has 0 bridgehead atoms. The minimum atomic E-state index is 0.738. The molecule has 2 atom stereocenters. The molecule has 1 fully saturated rings. The number of hydrogen-bond acceptors (Lipinski definition) is 1. The molecule has 1 heteroatoms. The minimum Gasteiger partial charge on any atom is -0.399 e. The second-order valence-corrected chi connectivity index (χ2v) is 4.98. The molecule has 15 heavy (non-hydrogen) atoms. The summed E-state index contributed by atoms with van der Waals surface area (Å²) in [7, 11) is 0. The first-order valence-corrected chi connectivity index (χ1v) is 6.04. The molecular weight excluding hydrogens is 182 g/mol. The largest absolute Gasteiger partial charge is 0.399 e. The van der Waals surface area contributed by atoms with Gasteiger partial charge in [0.15, 0.2) is 0 Å². The molecule has 0 aliphatic heterocycles. The third-order valence-corrected chi connectivity index (χ3v) is 3.84. The van der Waals surface area contributed by atoms with Crippen molar-refractivity contribution in [3.63, 3.8) is 0 Å². The van der Waals surface area contributed by atoms with E-state index in [0.29, 0.717) is 0 Å². The number of aryl methyl sites for hydroxylation is 1. The molecule has 1 aromatic carbocycles. The highest BCUT2D eigenvalue weighted by Crippen LogP contribution is 2.38. The van der Waals surface area contributed by atoms with Gasteiger partial charge in [-0.3, -0.25) is 0 Å². The SMILES string of the molecule is Cc1ccc(C2CCCCC2C)cc1N. The minimum absolute atomic E-state index is 0.738. The van der Waals surface area contributed by atoms with Gasteiger partial charge < -0.3 is 5.73 Å². The van der Waals surface area contributed by atoms with Gasteiger partial charge in [0.1, 0.15) is 0 Å². The highest BCUT2D eigenvalue weighted by atomic mass is 14.6. The second-order valence-electron chi connectivity index (χ2n) is 4.98. The van der Waals surface area contributed by atoms with Crippen LogP contribution in [0.25, 0.3) is 0 Å². The van der Waals surface area contributed by atoms with Crippen LogP contribution in [0.3, 0.4) is 0 Å². The average Bonchev–Trinajstić information content (AvgIpc) is 2.23. The Bertz CT molecular complexity index is 343. The summed E-state index contributed by atoms with van der Waals surface area (Å²) in [5.41, 5.74) is 9.57. The molecule has 1 saturated carbocycles. The first-order chi connectivity index (χ1) is 7.18. The van der Waals surface area contributed by atoms with Crippen molar-refractivity contribution < 1.29 is 0 Å². The summed E-state index contributed by atoms with van der Waals surface area (Å²) < 4.78 is 0. The van der Waals surface area contributed by atoms with Crippen LogP contribution < -0.4 is 5.73 Å². The zero-order valence-electron chi connectivity index (χ0n) is 9.79. The molecule has 0 amide bonds. The van der Waals surface area contributed by atoms with Crippen molar-refractivity contribution in [2.75, 3.05) is 5.73 Å². The molecule has 0 heterocycles. The standard InChI is InChI=1S/C14H21N/c1-10-5-3-4-6-13(10)12-8-7-11(2)14(15)9-12/h7-10,13H,3-6,15H2,1-2H3. The predicted molar refractivity (Wildman–Crippen MR) is 66.0 cm³/mol. The zero-order chi connectivity index (χ0) is 10.8. The van der Waals surface area contributed by atoms with Gasteiger partial charge in [-0.25, -0.2) is 0 Å². The quantitative estimate of drug-likeness (QED) is 0.689. The molecule has 1 aliphatic rings. The molecule has 1 aliphatic carbocycles. The van der Waals surface area contributed by atoms with Crippen LogP contribution in [-0.4, -0.2) is 0 Å². The summed E-state index contributed by atoms with van der Waals surface area (Å²) in [6.45, 7) is 4.45. The molecule has 0 saturated heterocycles. The number of hydrogen-bond donors (Lipinski definition) is 1. The lowest BCUT2D eigenvalue weighted by Crippen LogP contribution is -2.15. The third-order valence-electron chi connectivity index (χ3n) is 3.84. The van der Waals surface area contributed by atoms with Crippen LogP contribution in [0.4, 0.5) is 5.69 Å². The Hall–Kier alpha value is -0.980. The summed E-state index contributed by atoms with van der Waals surface area (Å²) in [6.07, 6.45) is 5.49. The van der Waals surface area contributed by atoms with Crippen molar-refractivity contribution in [3.8, 4) is 0 Å². The number of nitrogens with two attached hydrogens (primary N) is 1. The smallest absolute Gasteiger partial charge is 0.0346 e. The lowest BCUT2D eigenvalue weighted by atomic mass is 9.76. The van der Waals surface area contributed by atoms with Gasteiger partial charge in [-0.1, -0.05) is 38.3 Å². The van der Waals surface area contributed by atoms with Gasteiger partial charge in [-0.15, -0.1) is 0 Å². The monoisotopic (exact) mass is 203 g/mol. The maximum atomic E-state index is 5.97. The van der Waals surface area contributed by atoms with Gasteiger partial charge >= 0.3 is 0 Å². The first kappa shape index (κ1) is 10.5. The topological polar surface area (TPSA) is 26.0 Å². The number of benzene rings is 1. The molecule has 2 rings (SSSR count). The predicted octanol–water partition coefficient (Wildman–Crippen LogP) is 3.87. The van der Waals surface area contributed by atoms with E-state index in [4.69, 9.17) is 5.73 Å². The van der Waals surface area contributed by atoms with Crippen molar-refractivity contribution in [2.45, 2.75) is 45.4 Å².